The molecule has 8 bridgehead atoms. The predicted octanol–water partition coefficient (Wildman–Crippen LogP) is 22.3. The van der Waals surface area contributed by atoms with Gasteiger partial charge in [0.2, 0.25) is 0 Å². The molecule has 89 heavy (non-hydrogen) atoms. The molecule has 0 unspecified atom stereocenters. The number of hydrogen-bond donors (Lipinski definition) is 0. The Bertz CT molecular complexity index is 5100. The van der Waals surface area contributed by atoms with Gasteiger partial charge in [0.15, 0.2) is 0 Å². The molecule has 4 nitrogen and oxygen atoms in total. The van der Waals surface area contributed by atoms with Crippen LogP contribution in [-0.4, -0.2) is 9.97 Å². The van der Waals surface area contributed by atoms with Crippen molar-refractivity contribution in [2.75, 3.05) is 0 Å². The Morgan fingerprint density at radius 3 is 0.629 bits per heavy atom. The molecular weight excluding hydrogens is 1260 g/mol. The fourth-order valence-electron chi connectivity index (χ4n) is 14.8. The normalized spacial score (nSPS) is 12.0. The van der Waals surface area contributed by atoms with Crippen LogP contribution in [0.25, 0.3) is 176 Å². The van der Waals surface area contributed by atoms with Crippen molar-refractivity contribution in [1.29, 1.82) is 0 Å². The maximum Gasteiger partial charge on any atom is 2.00 e. The van der Waals surface area contributed by atoms with E-state index in [0.29, 0.717) is 0 Å². The summed E-state index contributed by atoms with van der Waals surface area (Å²) in [6.45, 7) is 17.7. The zero-order chi connectivity index (χ0) is 59.4. The Kier molecular flexibility index (Phi) is 12.6. The van der Waals surface area contributed by atoms with Crippen LogP contribution < -0.4 is 9.97 Å². The van der Waals surface area contributed by atoms with Crippen LogP contribution in [-0.2, 0) is 21.1 Å². The maximum absolute atomic E-state index is 6.30. The van der Waals surface area contributed by atoms with Crippen LogP contribution in [0.3, 0.4) is 0 Å². The summed E-state index contributed by atoms with van der Waals surface area (Å²) in [5.74, 6) is 0. The molecule has 1 aliphatic carbocycles. The van der Waals surface area contributed by atoms with Crippen molar-refractivity contribution in [2.24, 2.45) is 0 Å². The van der Waals surface area contributed by atoms with Gasteiger partial charge in [-0.1, -0.05) is 192 Å². The Balaban J connectivity index is 0.00000636. The largest absolute Gasteiger partial charge is 2.00 e. The third kappa shape index (κ3) is 8.52. The SMILES string of the molecule is Cc1ccc(-c2c3nc(c(-c4ccc(C)cc4C)c4[n-]c(c(-c5ccc(C)cc5C)c5nc(c(-c6ccc(C)cc6C)c6[n-]c2c2cc7ccccc7cc62)-c2cc6ccccc6cc2-5)c2cc5ccccc5cc42)-c2cc4ccccc4cc2-3)c(C)c1.[Pt+2]. The first-order valence-corrected chi connectivity index (χ1v) is 30.7. The fraction of sp³-hybridized carbons (Fsp3) is 0.0952. The summed E-state index contributed by atoms with van der Waals surface area (Å²) in [5.41, 5.74) is 28.8. The third-order valence-corrected chi connectivity index (χ3v) is 19.0. The van der Waals surface area contributed by atoms with Crippen LogP contribution in [0.4, 0.5) is 0 Å². The van der Waals surface area contributed by atoms with E-state index in [1.54, 1.807) is 0 Å². The third-order valence-electron chi connectivity index (χ3n) is 19.0. The molecule has 17 rings (SSSR count). The number of aromatic nitrogens is 4. The van der Waals surface area contributed by atoms with Crippen molar-refractivity contribution in [3.05, 3.63) is 263 Å². The van der Waals surface area contributed by atoms with Gasteiger partial charge in [-0.15, -0.1) is 22.1 Å². The number of benzene rings is 12. The van der Waals surface area contributed by atoms with Gasteiger partial charge in [-0.3, -0.25) is 0 Å². The zero-order valence-corrected chi connectivity index (χ0v) is 53.2. The van der Waals surface area contributed by atoms with Crippen molar-refractivity contribution in [3.8, 4) is 89.5 Å². The Labute approximate surface area is 531 Å². The molecule has 12 aromatic carbocycles. The van der Waals surface area contributed by atoms with E-state index in [1.165, 1.54) is 22.3 Å². The number of aryl methyl sites for hydroxylation is 8. The summed E-state index contributed by atoms with van der Waals surface area (Å²) >= 11 is 0. The van der Waals surface area contributed by atoms with E-state index in [0.717, 1.165) is 198 Å². The molecular formula is C84H60N4Pt. The molecule has 2 aromatic heterocycles. The summed E-state index contributed by atoms with van der Waals surface area (Å²) in [7, 11) is 0. The smallest absolute Gasteiger partial charge is 0.656 e. The first kappa shape index (κ1) is 54.4. The molecule has 2 aliphatic heterocycles. The van der Waals surface area contributed by atoms with Crippen LogP contribution >= 0.6 is 0 Å². The topological polar surface area (TPSA) is 54.0 Å². The molecule has 0 saturated heterocycles. The Hall–Kier alpha value is -9.99. The molecule has 0 spiro atoms. The van der Waals surface area contributed by atoms with Crippen LogP contribution in [0, 0.1) is 55.4 Å². The van der Waals surface area contributed by atoms with Gasteiger partial charge in [-0.2, -0.15) is 0 Å². The number of fused-ring (bicyclic) bond motifs is 4. The average Bonchev–Trinajstić information content (AvgIpc) is 1.59. The average molecular weight is 1320 g/mol. The Morgan fingerprint density at radius 2 is 0.427 bits per heavy atom. The second-order valence-corrected chi connectivity index (χ2v) is 25.0. The summed E-state index contributed by atoms with van der Waals surface area (Å²) in [6, 6.07) is 81.6. The van der Waals surface area contributed by atoms with Crippen LogP contribution in [0.2, 0.25) is 0 Å². The van der Waals surface area contributed by atoms with E-state index in [4.69, 9.17) is 19.9 Å². The number of hydrogen-bond acceptors (Lipinski definition) is 2. The fourth-order valence-corrected chi connectivity index (χ4v) is 14.8. The van der Waals surface area contributed by atoms with E-state index < -0.39 is 0 Å². The molecule has 0 fully saturated rings. The molecule has 0 radical (unpaired) electrons. The van der Waals surface area contributed by atoms with E-state index in [-0.39, 0.29) is 21.1 Å². The van der Waals surface area contributed by atoms with Crippen LogP contribution in [0.5, 0.6) is 0 Å². The molecule has 5 heteroatoms. The van der Waals surface area contributed by atoms with Gasteiger partial charge in [0, 0.05) is 22.3 Å². The summed E-state index contributed by atoms with van der Waals surface area (Å²) in [4.78, 5) is 25.2. The van der Waals surface area contributed by atoms with Gasteiger partial charge in [-0.25, -0.2) is 9.97 Å². The monoisotopic (exact) mass is 1320 g/mol. The van der Waals surface area contributed by atoms with Gasteiger partial charge >= 0.3 is 21.1 Å². The molecule has 14 aromatic rings. The minimum absolute atomic E-state index is 0. The Morgan fingerprint density at radius 1 is 0.225 bits per heavy atom. The number of rotatable bonds is 4. The number of nitrogens with zero attached hydrogens (tertiary/aromatic N) is 4. The van der Waals surface area contributed by atoms with E-state index in [9.17, 15) is 0 Å². The van der Waals surface area contributed by atoms with Crippen molar-refractivity contribution in [3.63, 3.8) is 0 Å². The van der Waals surface area contributed by atoms with Gasteiger partial charge in [0.05, 0.1) is 22.8 Å². The summed E-state index contributed by atoms with van der Waals surface area (Å²) in [5, 5.41) is 13.3. The van der Waals surface area contributed by atoms with Crippen LogP contribution in [0.1, 0.15) is 44.5 Å². The molecule has 3 aliphatic rings. The standard InChI is InChI=1S/C84H60N4.Pt/c1-45-25-29-61(49(5)33-45)73-77-65-37-53-17-9-11-19-55(53)39-67(65)79(85-77)74(62-30-26-46(2)34-50(62)6)81-69-41-57-21-13-15-23-59(57)43-71(69)83(87-81)76(64-32-28-48(4)36-52(64)8)84-72-44-60-24-16-14-22-58(60)42-70(72)82(88-84)75(63-31-27-47(3)35-51(63)7)80-68-40-56-20-12-10-18-54(56)38-66(68)78(73)86-80;/h9-44H,1-8H3;/q-2;+2. The first-order chi connectivity index (χ1) is 42.9. The first-order valence-electron chi connectivity index (χ1n) is 30.7. The summed E-state index contributed by atoms with van der Waals surface area (Å²) in [6.07, 6.45) is 0. The molecule has 0 atom stereocenters. The van der Waals surface area contributed by atoms with Crippen molar-refractivity contribution in [2.45, 2.75) is 55.4 Å². The maximum atomic E-state index is 6.30. The molecule has 0 N–H and O–H groups in total. The quantitative estimate of drug-likeness (QED) is 0.176. The van der Waals surface area contributed by atoms with Gasteiger partial charge in [0.25, 0.3) is 0 Å². The summed E-state index contributed by atoms with van der Waals surface area (Å²) < 4.78 is 0. The van der Waals surface area contributed by atoms with E-state index in [1.807, 2.05) is 0 Å². The van der Waals surface area contributed by atoms with Crippen molar-refractivity contribution >= 4 is 86.7 Å². The van der Waals surface area contributed by atoms with Crippen LogP contribution in [0.15, 0.2) is 218 Å². The molecule has 426 valence electrons. The van der Waals surface area contributed by atoms with Gasteiger partial charge in [0.1, 0.15) is 0 Å². The minimum Gasteiger partial charge on any atom is -0.656 e. The predicted molar refractivity (Wildman–Crippen MR) is 372 cm³/mol. The van der Waals surface area contributed by atoms with Gasteiger partial charge < -0.3 is 9.97 Å². The second kappa shape index (κ2) is 20.6. The van der Waals surface area contributed by atoms with Gasteiger partial charge in [-0.05, 0) is 235 Å². The second-order valence-electron chi connectivity index (χ2n) is 25.0. The zero-order valence-electron chi connectivity index (χ0n) is 50.9. The van der Waals surface area contributed by atoms with E-state index in [2.05, 4.69) is 274 Å². The molecule has 4 heterocycles. The molecule has 0 saturated carbocycles. The van der Waals surface area contributed by atoms with Crippen molar-refractivity contribution in [1.82, 2.24) is 19.9 Å². The minimum atomic E-state index is 0. The van der Waals surface area contributed by atoms with E-state index >= 15 is 0 Å². The van der Waals surface area contributed by atoms with Crippen molar-refractivity contribution < 1.29 is 21.1 Å². The molecule has 0 amide bonds.